The van der Waals surface area contributed by atoms with Crippen LogP contribution < -0.4 is 9.62 Å². The first kappa shape index (κ1) is 20.6. The van der Waals surface area contributed by atoms with Gasteiger partial charge in [0.25, 0.3) is 0 Å². The van der Waals surface area contributed by atoms with Gasteiger partial charge in [-0.2, -0.15) is 13.2 Å². The van der Waals surface area contributed by atoms with Gasteiger partial charge in [0, 0.05) is 44.5 Å². The van der Waals surface area contributed by atoms with Crippen molar-refractivity contribution in [2.45, 2.75) is 17.6 Å². The van der Waals surface area contributed by atoms with E-state index >= 15 is 0 Å². The van der Waals surface area contributed by atoms with Crippen molar-refractivity contribution in [3.05, 3.63) is 53.7 Å². The van der Waals surface area contributed by atoms with Gasteiger partial charge in [0.2, 0.25) is 10.0 Å². The zero-order valence-electron chi connectivity index (χ0n) is 15.3. The van der Waals surface area contributed by atoms with Gasteiger partial charge in [0.05, 0.1) is 10.5 Å². The Morgan fingerprint density at radius 3 is 2.50 bits per heavy atom. The van der Waals surface area contributed by atoms with Crippen LogP contribution in [0.5, 0.6) is 0 Å². The zero-order valence-corrected chi connectivity index (χ0v) is 16.1. The highest BCUT2D eigenvalue weighted by atomic mass is 32.2. The molecule has 0 atom stereocenters. The lowest BCUT2D eigenvalue weighted by Gasteiger charge is -2.34. The Morgan fingerprint density at radius 1 is 1.11 bits per heavy atom. The molecule has 152 valence electrons. The second-order valence-electron chi connectivity index (χ2n) is 6.63. The minimum atomic E-state index is -4.61. The van der Waals surface area contributed by atoms with E-state index in [-0.39, 0.29) is 6.54 Å². The zero-order chi connectivity index (χ0) is 20.4. The molecule has 0 aliphatic carbocycles. The van der Waals surface area contributed by atoms with Gasteiger partial charge < -0.3 is 9.80 Å². The van der Waals surface area contributed by atoms with Gasteiger partial charge in [-0.25, -0.2) is 18.1 Å². The minimum absolute atomic E-state index is 0.0614. The number of anilines is 1. The summed E-state index contributed by atoms with van der Waals surface area (Å²) in [6.45, 7) is 3.20. The van der Waals surface area contributed by atoms with Gasteiger partial charge >= 0.3 is 6.18 Å². The monoisotopic (exact) mass is 414 g/mol. The number of nitrogens with zero attached hydrogens (tertiary/aromatic N) is 3. The van der Waals surface area contributed by atoms with Crippen LogP contribution in [-0.2, 0) is 22.7 Å². The van der Waals surface area contributed by atoms with Crippen molar-refractivity contribution in [1.29, 1.82) is 0 Å². The Bertz CT molecular complexity index is 926. The first-order valence-electron chi connectivity index (χ1n) is 8.71. The average molecular weight is 414 g/mol. The lowest BCUT2D eigenvalue weighted by Crippen LogP contribution is -2.45. The van der Waals surface area contributed by atoms with Gasteiger partial charge in [0.1, 0.15) is 5.82 Å². The molecule has 2 aromatic rings. The summed E-state index contributed by atoms with van der Waals surface area (Å²) in [5.74, 6) is 0.683. The van der Waals surface area contributed by atoms with Crippen LogP contribution in [-0.4, -0.2) is 51.5 Å². The molecule has 1 N–H and O–H groups in total. The van der Waals surface area contributed by atoms with E-state index in [1.165, 1.54) is 0 Å². The maximum absolute atomic E-state index is 12.9. The van der Waals surface area contributed by atoms with Crippen LogP contribution in [0.3, 0.4) is 0 Å². The van der Waals surface area contributed by atoms with E-state index in [2.05, 4.69) is 19.5 Å². The summed E-state index contributed by atoms with van der Waals surface area (Å²) in [7, 11) is -2.07. The highest BCUT2D eigenvalue weighted by Crippen LogP contribution is 2.30. The predicted octanol–water partition coefficient (Wildman–Crippen LogP) is 2.33. The molecule has 0 bridgehead atoms. The summed E-state index contributed by atoms with van der Waals surface area (Å²) in [6, 6.07) is 7.15. The van der Waals surface area contributed by atoms with E-state index in [1.54, 1.807) is 18.3 Å². The molecule has 1 aliphatic heterocycles. The highest BCUT2D eigenvalue weighted by Gasteiger charge is 2.31. The van der Waals surface area contributed by atoms with Crippen molar-refractivity contribution in [3.8, 4) is 0 Å². The fraction of sp³-hybridized carbons (Fsp3) is 0.389. The first-order valence-corrected chi connectivity index (χ1v) is 10.2. The Labute approximate surface area is 162 Å². The van der Waals surface area contributed by atoms with Crippen LogP contribution in [0.1, 0.15) is 11.1 Å². The van der Waals surface area contributed by atoms with Crippen LogP contribution in [0.2, 0.25) is 0 Å². The number of nitrogens with one attached hydrogen (secondary N) is 1. The summed E-state index contributed by atoms with van der Waals surface area (Å²) in [5, 5.41) is 0. The molecule has 0 saturated carbocycles. The van der Waals surface area contributed by atoms with Gasteiger partial charge in [-0.1, -0.05) is 12.1 Å². The molecule has 0 radical (unpaired) electrons. The third-order valence-corrected chi connectivity index (χ3v) is 5.99. The number of aromatic nitrogens is 1. The van der Waals surface area contributed by atoms with Crippen molar-refractivity contribution >= 4 is 15.8 Å². The number of alkyl halides is 3. The van der Waals surface area contributed by atoms with Crippen molar-refractivity contribution in [3.63, 3.8) is 0 Å². The lowest BCUT2D eigenvalue weighted by atomic mass is 10.2. The van der Waals surface area contributed by atoms with Gasteiger partial charge in [-0.05, 0) is 31.3 Å². The maximum atomic E-state index is 12.9. The number of benzene rings is 1. The van der Waals surface area contributed by atoms with Crippen molar-refractivity contribution < 1.29 is 21.6 Å². The quantitative estimate of drug-likeness (QED) is 0.814. The van der Waals surface area contributed by atoms with Gasteiger partial charge in [-0.3, -0.25) is 0 Å². The van der Waals surface area contributed by atoms with Crippen LogP contribution in [0.25, 0.3) is 0 Å². The molecule has 0 unspecified atom stereocenters. The Hall–Kier alpha value is -2.17. The van der Waals surface area contributed by atoms with Crippen LogP contribution in [0.4, 0.5) is 19.0 Å². The van der Waals surface area contributed by atoms with Crippen LogP contribution in [0.15, 0.2) is 47.5 Å². The van der Waals surface area contributed by atoms with Gasteiger partial charge in [-0.15, -0.1) is 0 Å². The summed E-state index contributed by atoms with van der Waals surface area (Å²) in [4.78, 5) is 8.21. The number of hydrogen-bond acceptors (Lipinski definition) is 5. The second-order valence-corrected chi connectivity index (χ2v) is 8.39. The molecule has 6 nitrogen and oxygen atoms in total. The highest BCUT2D eigenvalue weighted by molar-refractivity contribution is 7.89. The van der Waals surface area contributed by atoms with E-state index in [1.807, 2.05) is 7.05 Å². The number of halogens is 3. The molecule has 1 aliphatic rings. The fourth-order valence-electron chi connectivity index (χ4n) is 2.97. The summed E-state index contributed by atoms with van der Waals surface area (Å²) in [5.41, 5.74) is -0.336. The Balaban J connectivity index is 1.77. The topological polar surface area (TPSA) is 65.5 Å². The molecule has 3 rings (SSSR count). The first-order chi connectivity index (χ1) is 13.2. The SMILES string of the molecule is CN1CCN(c2ncccc2CNS(=O)(=O)c2cccc(C(F)(F)F)c2)CC1. The summed E-state index contributed by atoms with van der Waals surface area (Å²) in [6.07, 6.45) is -2.97. The smallest absolute Gasteiger partial charge is 0.354 e. The van der Waals surface area contributed by atoms with Crippen LogP contribution >= 0.6 is 0 Å². The summed E-state index contributed by atoms with van der Waals surface area (Å²) >= 11 is 0. The Morgan fingerprint density at radius 2 is 1.82 bits per heavy atom. The largest absolute Gasteiger partial charge is 0.416 e. The predicted molar refractivity (Wildman–Crippen MR) is 99.4 cm³/mol. The molecule has 28 heavy (non-hydrogen) atoms. The van der Waals surface area contributed by atoms with E-state index in [4.69, 9.17) is 0 Å². The molecular formula is C18H21F3N4O2S. The molecule has 10 heteroatoms. The standard InChI is InChI=1S/C18H21F3N4O2S/c1-24-8-10-25(11-9-24)17-14(4-3-7-22-17)13-23-28(26,27)16-6-2-5-15(12-16)18(19,20)21/h2-7,12,23H,8-11,13H2,1H3. The molecule has 1 aromatic carbocycles. The molecule has 1 aromatic heterocycles. The van der Waals surface area contributed by atoms with Crippen molar-refractivity contribution in [1.82, 2.24) is 14.6 Å². The number of pyridine rings is 1. The number of hydrogen-bond donors (Lipinski definition) is 1. The second kappa shape index (κ2) is 8.06. The Kier molecular flexibility index (Phi) is 5.92. The van der Waals surface area contributed by atoms with Crippen molar-refractivity contribution in [2.24, 2.45) is 0 Å². The normalized spacial score (nSPS) is 16.4. The van der Waals surface area contributed by atoms with Crippen LogP contribution in [0, 0.1) is 0 Å². The molecule has 0 amide bonds. The number of likely N-dealkylation sites (N-methyl/N-ethyl adjacent to an activating group) is 1. The fourth-order valence-corrected chi connectivity index (χ4v) is 4.02. The third-order valence-electron chi connectivity index (χ3n) is 4.59. The molecule has 2 heterocycles. The number of rotatable bonds is 5. The van der Waals surface area contributed by atoms with E-state index in [9.17, 15) is 21.6 Å². The van der Waals surface area contributed by atoms with E-state index in [0.717, 1.165) is 44.4 Å². The van der Waals surface area contributed by atoms with E-state index < -0.39 is 26.7 Å². The summed E-state index contributed by atoms with van der Waals surface area (Å²) < 4.78 is 66.0. The molecular weight excluding hydrogens is 393 g/mol. The molecule has 0 spiro atoms. The lowest BCUT2D eigenvalue weighted by molar-refractivity contribution is -0.137. The van der Waals surface area contributed by atoms with Crippen molar-refractivity contribution in [2.75, 3.05) is 38.1 Å². The van der Waals surface area contributed by atoms with Gasteiger partial charge in [0.15, 0.2) is 0 Å². The maximum Gasteiger partial charge on any atom is 0.416 e. The molecule has 1 saturated heterocycles. The minimum Gasteiger partial charge on any atom is -0.354 e. The third kappa shape index (κ3) is 4.81. The van der Waals surface area contributed by atoms with E-state index in [0.29, 0.717) is 17.4 Å². The number of sulfonamides is 1. The molecule has 1 fully saturated rings. The number of piperazine rings is 1. The average Bonchev–Trinajstić information content (AvgIpc) is 2.67.